The second-order valence-corrected chi connectivity index (χ2v) is 5.58. The van der Waals surface area contributed by atoms with E-state index in [1.165, 1.54) is 54.9 Å². The minimum Gasteiger partial charge on any atom is -0.313 e. The van der Waals surface area contributed by atoms with E-state index < -0.39 is 0 Å². The fourth-order valence-electron chi connectivity index (χ4n) is 2.70. The van der Waals surface area contributed by atoms with Gasteiger partial charge in [-0.05, 0) is 29.3 Å². The van der Waals surface area contributed by atoms with Crippen LogP contribution in [-0.4, -0.2) is 6.54 Å². The summed E-state index contributed by atoms with van der Waals surface area (Å²) >= 11 is 0. The van der Waals surface area contributed by atoms with Crippen LogP contribution < -0.4 is 5.32 Å². The lowest BCUT2D eigenvalue weighted by molar-refractivity contribution is 0.572. The van der Waals surface area contributed by atoms with Crippen molar-refractivity contribution in [3.8, 4) is 0 Å². The zero-order valence-electron chi connectivity index (χ0n) is 12.7. The van der Waals surface area contributed by atoms with Crippen LogP contribution in [0.4, 0.5) is 0 Å². The van der Waals surface area contributed by atoms with Crippen molar-refractivity contribution in [3.05, 3.63) is 48.0 Å². The van der Waals surface area contributed by atoms with Crippen LogP contribution in [0, 0.1) is 0 Å². The molecular formula is C19H27N. The Hall–Kier alpha value is -1.34. The molecule has 1 N–H and O–H groups in total. The molecule has 0 aromatic heterocycles. The maximum Gasteiger partial charge on any atom is 0.0211 e. The van der Waals surface area contributed by atoms with Gasteiger partial charge in [-0.2, -0.15) is 0 Å². The third-order valence-electron chi connectivity index (χ3n) is 3.90. The highest BCUT2D eigenvalue weighted by atomic mass is 14.8. The molecule has 108 valence electrons. The van der Waals surface area contributed by atoms with Gasteiger partial charge in [0.2, 0.25) is 0 Å². The lowest BCUT2D eigenvalue weighted by atomic mass is 10.0. The summed E-state index contributed by atoms with van der Waals surface area (Å²) in [5.41, 5.74) is 1.41. The van der Waals surface area contributed by atoms with Gasteiger partial charge in [0.05, 0.1) is 0 Å². The molecule has 1 nitrogen and oxygen atoms in total. The van der Waals surface area contributed by atoms with E-state index in [0.29, 0.717) is 0 Å². The number of rotatable bonds is 9. The summed E-state index contributed by atoms with van der Waals surface area (Å²) in [5, 5.41) is 6.30. The normalized spacial score (nSPS) is 11.1. The summed E-state index contributed by atoms with van der Waals surface area (Å²) in [6.45, 7) is 4.39. The maximum absolute atomic E-state index is 3.58. The Morgan fingerprint density at radius 2 is 1.55 bits per heavy atom. The summed E-state index contributed by atoms with van der Waals surface area (Å²) in [6.07, 6.45) is 8.18. The molecule has 2 aromatic carbocycles. The van der Waals surface area contributed by atoms with Gasteiger partial charge in [0.25, 0.3) is 0 Å². The zero-order valence-corrected chi connectivity index (χ0v) is 12.7. The molecule has 2 rings (SSSR count). The summed E-state index contributed by atoms with van der Waals surface area (Å²) in [6, 6.07) is 15.2. The molecule has 0 aliphatic rings. The first-order valence-corrected chi connectivity index (χ1v) is 8.09. The summed E-state index contributed by atoms with van der Waals surface area (Å²) < 4.78 is 0. The van der Waals surface area contributed by atoms with Crippen LogP contribution >= 0.6 is 0 Å². The predicted octanol–water partition coefficient (Wildman–Crippen LogP) is 5.29. The van der Waals surface area contributed by atoms with Crippen molar-refractivity contribution in [1.82, 2.24) is 5.32 Å². The van der Waals surface area contributed by atoms with Gasteiger partial charge in [0.15, 0.2) is 0 Å². The molecular weight excluding hydrogens is 242 g/mol. The van der Waals surface area contributed by atoms with E-state index in [-0.39, 0.29) is 0 Å². The van der Waals surface area contributed by atoms with E-state index in [0.717, 1.165) is 13.1 Å². The molecule has 1 heteroatoms. The smallest absolute Gasteiger partial charge is 0.0211 e. The van der Waals surface area contributed by atoms with E-state index >= 15 is 0 Å². The number of fused-ring (bicyclic) bond motifs is 1. The molecule has 0 saturated carbocycles. The lowest BCUT2D eigenvalue weighted by Crippen LogP contribution is -2.14. The standard InChI is InChI=1S/C19H27N/c1-2-3-4-5-6-9-15-20-16-18-13-10-12-17-11-7-8-14-19(17)18/h7-8,10-14,20H,2-6,9,15-16H2,1H3. The van der Waals surface area contributed by atoms with Gasteiger partial charge < -0.3 is 5.32 Å². The van der Waals surface area contributed by atoms with Crippen LogP contribution in [0.1, 0.15) is 51.0 Å². The van der Waals surface area contributed by atoms with Gasteiger partial charge in [-0.3, -0.25) is 0 Å². The van der Waals surface area contributed by atoms with Crippen molar-refractivity contribution in [2.24, 2.45) is 0 Å². The highest BCUT2D eigenvalue weighted by Crippen LogP contribution is 2.18. The Bertz CT molecular complexity index is 499. The summed E-state index contributed by atoms with van der Waals surface area (Å²) in [7, 11) is 0. The molecule has 0 bridgehead atoms. The monoisotopic (exact) mass is 269 g/mol. The SMILES string of the molecule is CCCCCCCCNCc1cccc2ccccc12. The third kappa shape index (κ3) is 4.64. The van der Waals surface area contributed by atoms with Gasteiger partial charge in [0, 0.05) is 6.54 Å². The van der Waals surface area contributed by atoms with Gasteiger partial charge >= 0.3 is 0 Å². The first-order chi connectivity index (χ1) is 9.92. The predicted molar refractivity (Wildman–Crippen MR) is 89.0 cm³/mol. The van der Waals surface area contributed by atoms with E-state index in [4.69, 9.17) is 0 Å². The number of hydrogen-bond donors (Lipinski definition) is 1. The van der Waals surface area contributed by atoms with Crippen molar-refractivity contribution in [3.63, 3.8) is 0 Å². The quantitative estimate of drug-likeness (QED) is 0.610. The lowest BCUT2D eigenvalue weighted by Gasteiger charge is -2.08. The van der Waals surface area contributed by atoms with Crippen LogP contribution in [-0.2, 0) is 6.54 Å². The van der Waals surface area contributed by atoms with E-state index in [2.05, 4.69) is 54.7 Å². The Kier molecular flexibility index (Phi) is 6.59. The maximum atomic E-state index is 3.58. The Morgan fingerprint density at radius 1 is 0.800 bits per heavy atom. The molecule has 0 atom stereocenters. The molecule has 0 heterocycles. The minimum atomic E-state index is 0.982. The van der Waals surface area contributed by atoms with Crippen LogP contribution in [0.5, 0.6) is 0 Å². The number of nitrogens with one attached hydrogen (secondary N) is 1. The van der Waals surface area contributed by atoms with Gasteiger partial charge in [-0.25, -0.2) is 0 Å². The van der Waals surface area contributed by atoms with E-state index in [1.807, 2.05) is 0 Å². The van der Waals surface area contributed by atoms with Crippen LogP contribution in [0.15, 0.2) is 42.5 Å². The van der Waals surface area contributed by atoms with Crippen LogP contribution in [0.25, 0.3) is 10.8 Å². The van der Waals surface area contributed by atoms with Gasteiger partial charge in [-0.1, -0.05) is 81.5 Å². The Labute approximate surface area is 123 Å². The average molecular weight is 269 g/mol. The third-order valence-corrected chi connectivity index (χ3v) is 3.90. The van der Waals surface area contributed by atoms with Crippen molar-refractivity contribution in [1.29, 1.82) is 0 Å². The average Bonchev–Trinajstić information content (AvgIpc) is 2.50. The van der Waals surface area contributed by atoms with Crippen molar-refractivity contribution < 1.29 is 0 Å². The van der Waals surface area contributed by atoms with Gasteiger partial charge in [-0.15, -0.1) is 0 Å². The van der Waals surface area contributed by atoms with Gasteiger partial charge in [0.1, 0.15) is 0 Å². The fraction of sp³-hybridized carbons (Fsp3) is 0.474. The van der Waals surface area contributed by atoms with Crippen molar-refractivity contribution >= 4 is 10.8 Å². The zero-order chi connectivity index (χ0) is 14.0. The molecule has 0 aliphatic heterocycles. The van der Waals surface area contributed by atoms with E-state index in [9.17, 15) is 0 Å². The van der Waals surface area contributed by atoms with Crippen molar-refractivity contribution in [2.75, 3.05) is 6.54 Å². The molecule has 2 aromatic rings. The highest BCUT2D eigenvalue weighted by Gasteiger charge is 1.99. The molecule has 0 fully saturated rings. The molecule has 0 radical (unpaired) electrons. The first-order valence-electron chi connectivity index (χ1n) is 8.09. The Morgan fingerprint density at radius 3 is 2.45 bits per heavy atom. The molecule has 0 unspecified atom stereocenters. The van der Waals surface area contributed by atoms with E-state index in [1.54, 1.807) is 0 Å². The number of unbranched alkanes of at least 4 members (excludes halogenated alkanes) is 5. The largest absolute Gasteiger partial charge is 0.313 e. The number of benzene rings is 2. The molecule has 0 amide bonds. The molecule has 0 spiro atoms. The fourth-order valence-corrected chi connectivity index (χ4v) is 2.70. The summed E-state index contributed by atoms with van der Waals surface area (Å²) in [4.78, 5) is 0. The van der Waals surface area contributed by atoms with Crippen molar-refractivity contribution in [2.45, 2.75) is 52.0 Å². The number of hydrogen-bond acceptors (Lipinski definition) is 1. The van der Waals surface area contributed by atoms with Crippen LogP contribution in [0.3, 0.4) is 0 Å². The topological polar surface area (TPSA) is 12.0 Å². The summed E-state index contributed by atoms with van der Waals surface area (Å²) in [5.74, 6) is 0. The molecule has 20 heavy (non-hydrogen) atoms. The minimum absolute atomic E-state index is 0.982. The second kappa shape index (κ2) is 8.76. The second-order valence-electron chi connectivity index (χ2n) is 5.58. The Balaban J connectivity index is 1.71. The highest BCUT2D eigenvalue weighted by molar-refractivity contribution is 5.85. The molecule has 0 saturated heterocycles. The first kappa shape index (κ1) is 15.1. The van der Waals surface area contributed by atoms with Crippen LogP contribution in [0.2, 0.25) is 0 Å². The molecule has 0 aliphatic carbocycles.